The van der Waals surface area contributed by atoms with Crippen LogP contribution in [-0.2, 0) is 6.42 Å². The summed E-state index contributed by atoms with van der Waals surface area (Å²) in [4.78, 5) is 1.45. The van der Waals surface area contributed by atoms with Gasteiger partial charge in [0.15, 0.2) is 0 Å². The second kappa shape index (κ2) is 7.74. The highest BCUT2D eigenvalue weighted by atomic mass is 79.9. The normalized spacial score (nSPS) is 10.7. The smallest absolute Gasteiger partial charge is 0.0701 e. The first kappa shape index (κ1) is 12.6. The molecule has 1 nitrogen and oxygen atoms in total. The number of thiophene rings is 1. The van der Waals surface area contributed by atoms with Crippen LogP contribution in [0.2, 0.25) is 0 Å². The van der Waals surface area contributed by atoms with Gasteiger partial charge in [-0.15, -0.1) is 11.3 Å². The van der Waals surface area contributed by atoms with Gasteiger partial charge in [0.05, 0.1) is 3.79 Å². The number of halogens is 1. The van der Waals surface area contributed by atoms with Gasteiger partial charge < -0.3 is 5.32 Å². The van der Waals surface area contributed by atoms with E-state index < -0.39 is 0 Å². The Morgan fingerprint density at radius 3 is 2.93 bits per heavy atom. The maximum atomic E-state index is 3.47. The third kappa shape index (κ3) is 5.39. The fourth-order valence-corrected chi connectivity index (χ4v) is 3.17. The van der Waals surface area contributed by atoms with Crippen LogP contribution in [0.4, 0.5) is 0 Å². The monoisotopic (exact) mass is 293 g/mol. The predicted molar refractivity (Wildman–Crippen MR) is 71.6 cm³/mol. The maximum absolute atomic E-state index is 3.47. The third-order valence-electron chi connectivity index (χ3n) is 1.80. The Hall–Kier alpha value is 0.490. The second-order valence-electron chi connectivity index (χ2n) is 2.90. The van der Waals surface area contributed by atoms with E-state index in [-0.39, 0.29) is 0 Å². The molecule has 0 aliphatic heterocycles. The van der Waals surface area contributed by atoms with Crippen molar-refractivity contribution < 1.29 is 0 Å². The average Bonchev–Trinajstić information content (AvgIpc) is 2.58. The van der Waals surface area contributed by atoms with Crippen molar-refractivity contribution in [3.8, 4) is 0 Å². The summed E-state index contributed by atoms with van der Waals surface area (Å²) in [6.07, 6.45) is 1.15. The molecule has 1 aromatic rings. The molecule has 0 aliphatic carbocycles. The molecule has 0 aromatic carbocycles. The molecule has 4 heteroatoms. The number of thioether (sulfide) groups is 1. The van der Waals surface area contributed by atoms with E-state index in [1.54, 1.807) is 0 Å². The van der Waals surface area contributed by atoms with Crippen LogP contribution < -0.4 is 5.32 Å². The lowest BCUT2D eigenvalue weighted by atomic mass is 10.3. The van der Waals surface area contributed by atoms with Crippen LogP contribution in [0.5, 0.6) is 0 Å². The molecule has 1 N–H and O–H groups in total. The standard InChI is InChI=1S/C10H16BrNS2/c1-2-13-8-7-12-6-5-9-3-4-10(11)14-9/h3-4,12H,2,5-8H2,1H3. The van der Waals surface area contributed by atoms with Gasteiger partial charge >= 0.3 is 0 Å². The SMILES string of the molecule is CCSCCNCCc1ccc(Br)s1. The molecule has 0 saturated heterocycles. The molecule has 80 valence electrons. The number of nitrogens with one attached hydrogen (secondary N) is 1. The minimum atomic E-state index is 1.09. The average molecular weight is 294 g/mol. The van der Waals surface area contributed by atoms with Crippen molar-refractivity contribution >= 4 is 39.0 Å². The number of hydrogen-bond donors (Lipinski definition) is 1. The molecule has 0 spiro atoms. The van der Waals surface area contributed by atoms with Gasteiger partial charge in [0.1, 0.15) is 0 Å². The minimum Gasteiger partial charge on any atom is -0.316 e. The summed E-state index contributed by atoms with van der Waals surface area (Å²) in [5, 5.41) is 3.45. The fraction of sp³-hybridized carbons (Fsp3) is 0.600. The summed E-state index contributed by atoms with van der Waals surface area (Å²) in [6, 6.07) is 4.31. The van der Waals surface area contributed by atoms with Crippen molar-refractivity contribution in [3.05, 3.63) is 20.8 Å². The molecule has 0 saturated carbocycles. The van der Waals surface area contributed by atoms with Gasteiger partial charge in [-0.05, 0) is 46.8 Å². The summed E-state index contributed by atoms with van der Waals surface area (Å²) < 4.78 is 1.23. The van der Waals surface area contributed by atoms with Crippen LogP contribution in [0.3, 0.4) is 0 Å². The second-order valence-corrected chi connectivity index (χ2v) is 6.84. The molecule has 0 atom stereocenters. The van der Waals surface area contributed by atoms with Crippen LogP contribution in [-0.4, -0.2) is 24.6 Å². The van der Waals surface area contributed by atoms with Gasteiger partial charge in [-0.3, -0.25) is 0 Å². The van der Waals surface area contributed by atoms with Crippen molar-refractivity contribution in [2.45, 2.75) is 13.3 Å². The van der Waals surface area contributed by atoms with Gasteiger partial charge in [-0.25, -0.2) is 0 Å². The Kier molecular flexibility index (Phi) is 6.94. The van der Waals surface area contributed by atoms with E-state index in [0.29, 0.717) is 0 Å². The van der Waals surface area contributed by atoms with E-state index in [0.717, 1.165) is 19.5 Å². The van der Waals surface area contributed by atoms with Gasteiger partial charge in [0.25, 0.3) is 0 Å². The molecule has 0 amide bonds. The Morgan fingerprint density at radius 2 is 2.29 bits per heavy atom. The first-order valence-electron chi connectivity index (χ1n) is 4.85. The van der Waals surface area contributed by atoms with Crippen LogP contribution >= 0.6 is 39.0 Å². The van der Waals surface area contributed by atoms with Crippen LogP contribution in [0, 0.1) is 0 Å². The molecule has 1 rings (SSSR count). The predicted octanol–water partition coefficient (Wildman–Crippen LogP) is 3.40. The Morgan fingerprint density at radius 1 is 1.43 bits per heavy atom. The molecular weight excluding hydrogens is 278 g/mol. The molecule has 0 unspecified atom stereocenters. The van der Waals surface area contributed by atoms with Crippen molar-refractivity contribution in [2.24, 2.45) is 0 Å². The maximum Gasteiger partial charge on any atom is 0.0701 e. The minimum absolute atomic E-state index is 1.09. The first-order valence-corrected chi connectivity index (χ1v) is 7.62. The molecule has 1 aromatic heterocycles. The third-order valence-corrected chi connectivity index (χ3v) is 4.39. The lowest BCUT2D eigenvalue weighted by Crippen LogP contribution is -2.19. The number of hydrogen-bond acceptors (Lipinski definition) is 3. The van der Waals surface area contributed by atoms with Gasteiger partial charge in [-0.2, -0.15) is 11.8 Å². The lowest BCUT2D eigenvalue weighted by molar-refractivity contribution is 0.726. The summed E-state index contributed by atoms with van der Waals surface area (Å²) in [5.41, 5.74) is 0. The van der Waals surface area contributed by atoms with E-state index in [1.807, 2.05) is 23.1 Å². The zero-order chi connectivity index (χ0) is 10.2. The largest absolute Gasteiger partial charge is 0.316 e. The molecule has 14 heavy (non-hydrogen) atoms. The van der Waals surface area contributed by atoms with Gasteiger partial charge in [0, 0.05) is 17.2 Å². The van der Waals surface area contributed by atoms with Crippen LogP contribution in [0.25, 0.3) is 0 Å². The van der Waals surface area contributed by atoms with Gasteiger partial charge in [-0.1, -0.05) is 6.92 Å². The van der Waals surface area contributed by atoms with Crippen molar-refractivity contribution in [1.29, 1.82) is 0 Å². The highest BCUT2D eigenvalue weighted by Gasteiger charge is 1.96. The van der Waals surface area contributed by atoms with E-state index in [1.165, 1.54) is 20.2 Å². The summed E-state index contributed by atoms with van der Waals surface area (Å²) in [5.74, 6) is 2.45. The summed E-state index contributed by atoms with van der Waals surface area (Å²) in [6.45, 7) is 4.43. The molecular formula is C10H16BrNS2. The zero-order valence-electron chi connectivity index (χ0n) is 8.38. The molecule has 0 radical (unpaired) electrons. The zero-order valence-corrected chi connectivity index (χ0v) is 11.6. The van der Waals surface area contributed by atoms with E-state index in [2.05, 4.69) is 40.3 Å². The van der Waals surface area contributed by atoms with E-state index >= 15 is 0 Å². The fourth-order valence-electron chi connectivity index (χ4n) is 1.11. The summed E-state index contributed by atoms with van der Waals surface area (Å²) in [7, 11) is 0. The van der Waals surface area contributed by atoms with Crippen molar-refractivity contribution in [3.63, 3.8) is 0 Å². The van der Waals surface area contributed by atoms with Crippen molar-refractivity contribution in [2.75, 3.05) is 24.6 Å². The van der Waals surface area contributed by atoms with E-state index in [9.17, 15) is 0 Å². The molecule has 0 bridgehead atoms. The first-order chi connectivity index (χ1) is 6.83. The van der Waals surface area contributed by atoms with E-state index in [4.69, 9.17) is 0 Å². The number of rotatable bonds is 7. The molecule has 0 fully saturated rings. The quantitative estimate of drug-likeness (QED) is 0.774. The topological polar surface area (TPSA) is 12.0 Å². The van der Waals surface area contributed by atoms with Crippen molar-refractivity contribution in [1.82, 2.24) is 5.32 Å². The Balaban J connectivity index is 1.99. The molecule has 0 aliphatic rings. The Labute approximate surface area is 103 Å². The highest BCUT2D eigenvalue weighted by molar-refractivity contribution is 9.11. The Bertz CT molecular complexity index is 250. The highest BCUT2D eigenvalue weighted by Crippen LogP contribution is 2.21. The lowest BCUT2D eigenvalue weighted by Gasteiger charge is -2.02. The van der Waals surface area contributed by atoms with Gasteiger partial charge in [0.2, 0.25) is 0 Å². The molecule has 1 heterocycles. The van der Waals surface area contributed by atoms with Crippen LogP contribution in [0.15, 0.2) is 15.9 Å². The van der Waals surface area contributed by atoms with Crippen LogP contribution in [0.1, 0.15) is 11.8 Å². The summed E-state index contributed by atoms with van der Waals surface area (Å²) >= 11 is 7.29.